The molecule has 1 amide bonds. The lowest BCUT2D eigenvalue weighted by molar-refractivity contribution is -0.383. The van der Waals surface area contributed by atoms with E-state index in [2.05, 4.69) is 5.32 Å². The number of benzene rings is 2. The van der Waals surface area contributed by atoms with Gasteiger partial charge in [0.1, 0.15) is 18.0 Å². The van der Waals surface area contributed by atoms with Gasteiger partial charge in [-0.1, -0.05) is 30.3 Å². The molecule has 21 heavy (non-hydrogen) atoms. The molecule has 0 aliphatic rings. The summed E-state index contributed by atoms with van der Waals surface area (Å²) >= 11 is 0. The van der Waals surface area contributed by atoms with Crippen molar-refractivity contribution in [2.75, 3.05) is 5.32 Å². The third-order valence-electron chi connectivity index (χ3n) is 2.72. The summed E-state index contributed by atoms with van der Waals surface area (Å²) in [6, 6.07) is 13.8. The van der Waals surface area contributed by atoms with Crippen molar-refractivity contribution >= 4 is 17.3 Å². The maximum Gasteiger partial charge on any atom is 0.293 e. The van der Waals surface area contributed by atoms with E-state index in [1.54, 1.807) is 0 Å². The van der Waals surface area contributed by atoms with Gasteiger partial charge in [0, 0.05) is 19.1 Å². The number of rotatable bonds is 5. The van der Waals surface area contributed by atoms with Crippen molar-refractivity contribution < 1.29 is 14.5 Å². The first-order chi connectivity index (χ1) is 10.1. The standard InChI is InChI=1S/C15H14N2O4/c1-11(18)16-14-9-13(7-8-15(14)17(19)20)21-10-12-5-3-2-4-6-12/h2-9H,10H2,1H3,(H,16,18). The van der Waals surface area contributed by atoms with Gasteiger partial charge < -0.3 is 10.1 Å². The van der Waals surface area contributed by atoms with E-state index in [0.29, 0.717) is 12.4 Å². The summed E-state index contributed by atoms with van der Waals surface area (Å²) in [6.45, 7) is 1.64. The van der Waals surface area contributed by atoms with Crippen LogP contribution in [0.2, 0.25) is 0 Å². The predicted molar refractivity (Wildman–Crippen MR) is 78.2 cm³/mol. The van der Waals surface area contributed by atoms with Crippen LogP contribution in [-0.4, -0.2) is 10.8 Å². The van der Waals surface area contributed by atoms with Gasteiger partial charge in [-0.25, -0.2) is 0 Å². The Hall–Kier alpha value is -2.89. The third kappa shape index (κ3) is 4.04. The summed E-state index contributed by atoms with van der Waals surface area (Å²) in [6.07, 6.45) is 0. The molecule has 2 aromatic rings. The van der Waals surface area contributed by atoms with E-state index in [4.69, 9.17) is 4.74 Å². The average molecular weight is 286 g/mol. The highest BCUT2D eigenvalue weighted by molar-refractivity contribution is 5.91. The topological polar surface area (TPSA) is 81.5 Å². The molecule has 0 aromatic heterocycles. The van der Waals surface area contributed by atoms with E-state index in [0.717, 1.165) is 5.56 Å². The van der Waals surface area contributed by atoms with Gasteiger partial charge in [-0.3, -0.25) is 14.9 Å². The van der Waals surface area contributed by atoms with Gasteiger partial charge in [-0.2, -0.15) is 0 Å². The summed E-state index contributed by atoms with van der Waals surface area (Å²) < 4.78 is 5.58. The van der Waals surface area contributed by atoms with E-state index in [-0.39, 0.29) is 17.3 Å². The van der Waals surface area contributed by atoms with Crippen molar-refractivity contribution in [3.05, 3.63) is 64.2 Å². The average Bonchev–Trinajstić information content (AvgIpc) is 2.45. The number of anilines is 1. The Labute approximate surface area is 121 Å². The number of nitro groups is 1. The summed E-state index contributed by atoms with van der Waals surface area (Å²) in [4.78, 5) is 21.5. The van der Waals surface area contributed by atoms with Gasteiger partial charge in [-0.15, -0.1) is 0 Å². The minimum Gasteiger partial charge on any atom is -0.489 e. The molecule has 6 nitrogen and oxygen atoms in total. The Morgan fingerprint density at radius 2 is 1.95 bits per heavy atom. The van der Waals surface area contributed by atoms with Crippen molar-refractivity contribution in [3.8, 4) is 5.75 Å². The Bertz CT molecular complexity index is 656. The van der Waals surface area contributed by atoms with Gasteiger partial charge in [0.25, 0.3) is 5.69 Å². The van der Waals surface area contributed by atoms with Crippen molar-refractivity contribution in [3.63, 3.8) is 0 Å². The van der Waals surface area contributed by atoms with Gasteiger partial charge in [0.05, 0.1) is 4.92 Å². The van der Waals surface area contributed by atoms with E-state index < -0.39 is 4.92 Å². The van der Waals surface area contributed by atoms with Crippen LogP contribution in [0.5, 0.6) is 5.75 Å². The van der Waals surface area contributed by atoms with Gasteiger partial charge >= 0.3 is 0 Å². The molecule has 2 aromatic carbocycles. The maximum atomic E-state index is 11.1. The molecule has 0 saturated carbocycles. The molecule has 0 atom stereocenters. The van der Waals surface area contributed by atoms with Crippen molar-refractivity contribution in [1.82, 2.24) is 0 Å². The van der Waals surface area contributed by atoms with Crippen LogP contribution in [0.4, 0.5) is 11.4 Å². The number of amides is 1. The van der Waals surface area contributed by atoms with Gasteiger partial charge in [-0.05, 0) is 11.6 Å². The zero-order valence-corrected chi connectivity index (χ0v) is 11.4. The normalized spacial score (nSPS) is 9.95. The summed E-state index contributed by atoms with van der Waals surface area (Å²) in [7, 11) is 0. The molecule has 0 saturated heterocycles. The van der Waals surface area contributed by atoms with E-state index in [1.165, 1.54) is 25.1 Å². The number of nitrogens with zero attached hydrogens (tertiary/aromatic N) is 1. The molecule has 0 radical (unpaired) electrons. The molecule has 0 aliphatic heterocycles. The molecule has 6 heteroatoms. The van der Waals surface area contributed by atoms with E-state index in [1.807, 2.05) is 30.3 Å². The number of hydrogen-bond acceptors (Lipinski definition) is 4. The van der Waals surface area contributed by atoms with E-state index >= 15 is 0 Å². The van der Waals surface area contributed by atoms with Gasteiger partial charge in [0.15, 0.2) is 0 Å². The monoisotopic (exact) mass is 286 g/mol. The fraction of sp³-hybridized carbons (Fsp3) is 0.133. The molecule has 0 bridgehead atoms. The summed E-state index contributed by atoms with van der Waals surface area (Å²) in [5.41, 5.74) is 0.937. The summed E-state index contributed by atoms with van der Waals surface area (Å²) in [5, 5.41) is 13.3. The number of hydrogen-bond donors (Lipinski definition) is 1. The predicted octanol–water partition coefficient (Wildman–Crippen LogP) is 3.13. The highest BCUT2D eigenvalue weighted by Gasteiger charge is 2.15. The number of carbonyl (C=O) groups excluding carboxylic acids is 1. The fourth-order valence-corrected chi connectivity index (χ4v) is 1.79. The Kier molecular flexibility index (Phi) is 4.50. The van der Waals surface area contributed by atoms with Crippen LogP contribution in [0.1, 0.15) is 12.5 Å². The molecular formula is C15H14N2O4. The minimum atomic E-state index is -0.549. The second-order valence-electron chi connectivity index (χ2n) is 4.39. The maximum absolute atomic E-state index is 11.1. The largest absolute Gasteiger partial charge is 0.489 e. The van der Waals surface area contributed by atoms with Crippen LogP contribution in [0.25, 0.3) is 0 Å². The van der Waals surface area contributed by atoms with Crippen LogP contribution in [0.3, 0.4) is 0 Å². The van der Waals surface area contributed by atoms with Crippen molar-refractivity contribution in [1.29, 1.82) is 0 Å². The van der Waals surface area contributed by atoms with E-state index in [9.17, 15) is 14.9 Å². The lowest BCUT2D eigenvalue weighted by Gasteiger charge is -2.09. The van der Waals surface area contributed by atoms with Crippen LogP contribution in [0.15, 0.2) is 48.5 Å². The Balaban J connectivity index is 2.17. The highest BCUT2D eigenvalue weighted by atomic mass is 16.6. The third-order valence-corrected chi connectivity index (χ3v) is 2.72. The first-order valence-corrected chi connectivity index (χ1v) is 6.29. The number of nitrogens with one attached hydrogen (secondary N) is 1. The Morgan fingerprint density at radius 1 is 1.24 bits per heavy atom. The molecule has 0 heterocycles. The Morgan fingerprint density at radius 3 is 2.57 bits per heavy atom. The number of ether oxygens (including phenoxy) is 1. The molecule has 0 unspecified atom stereocenters. The molecule has 0 aliphatic carbocycles. The zero-order valence-electron chi connectivity index (χ0n) is 11.4. The summed E-state index contributed by atoms with van der Waals surface area (Å²) in [5.74, 6) is 0.0755. The molecule has 2 rings (SSSR count). The van der Waals surface area contributed by atoms with Crippen LogP contribution >= 0.6 is 0 Å². The number of carbonyl (C=O) groups is 1. The lowest BCUT2D eigenvalue weighted by atomic mass is 10.2. The zero-order chi connectivity index (χ0) is 15.2. The quantitative estimate of drug-likeness (QED) is 0.676. The highest BCUT2D eigenvalue weighted by Crippen LogP contribution is 2.29. The van der Waals surface area contributed by atoms with Crippen LogP contribution < -0.4 is 10.1 Å². The second kappa shape index (κ2) is 6.51. The van der Waals surface area contributed by atoms with Crippen molar-refractivity contribution in [2.24, 2.45) is 0 Å². The second-order valence-corrected chi connectivity index (χ2v) is 4.39. The number of nitro benzene ring substituents is 1. The smallest absolute Gasteiger partial charge is 0.293 e. The molecule has 0 spiro atoms. The first-order valence-electron chi connectivity index (χ1n) is 6.29. The minimum absolute atomic E-state index is 0.123. The van der Waals surface area contributed by atoms with Crippen LogP contribution in [0, 0.1) is 10.1 Å². The van der Waals surface area contributed by atoms with Gasteiger partial charge in [0.2, 0.25) is 5.91 Å². The van der Waals surface area contributed by atoms with Crippen molar-refractivity contribution in [2.45, 2.75) is 13.5 Å². The first kappa shape index (κ1) is 14.5. The van der Waals surface area contributed by atoms with Crippen LogP contribution in [-0.2, 0) is 11.4 Å². The SMILES string of the molecule is CC(=O)Nc1cc(OCc2ccccc2)ccc1[N+](=O)[O-]. The molecule has 0 fully saturated rings. The lowest BCUT2D eigenvalue weighted by Crippen LogP contribution is -2.08. The fourth-order valence-electron chi connectivity index (χ4n) is 1.79. The molecule has 1 N–H and O–H groups in total. The molecule has 108 valence electrons. The molecular weight excluding hydrogens is 272 g/mol.